The Morgan fingerprint density at radius 3 is 2.40 bits per heavy atom. The molecule has 0 aliphatic carbocycles. The van der Waals surface area contributed by atoms with E-state index in [1.807, 2.05) is 52.0 Å². The molecule has 2 aliphatic heterocycles. The number of esters is 3. The molecule has 324 valence electrons. The molecule has 0 bridgehead atoms. The quantitative estimate of drug-likeness (QED) is 0.126. The summed E-state index contributed by atoms with van der Waals surface area (Å²) < 4.78 is 30.0. The van der Waals surface area contributed by atoms with E-state index < -0.39 is 53.3 Å². The number of methoxy groups -OCH3 is 2. The first-order valence-electron chi connectivity index (χ1n) is 20.2. The average molecular weight is 850 g/mol. The maximum Gasteiger partial charge on any atom is 0.347 e. The number of epoxide rings is 1. The molecule has 2 N–H and O–H groups in total. The highest BCUT2D eigenvalue weighted by Crippen LogP contribution is 2.45. The molecule has 1 saturated heterocycles. The third-order valence-electron chi connectivity index (χ3n) is 10.7. The Labute approximate surface area is 355 Å². The van der Waals surface area contributed by atoms with Crippen LogP contribution in [0.1, 0.15) is 95.2 Å². The molecule has 2 aliphatic rings. The fourth-order valence-electron chi connectivity index (χ4n) is 7.01. The third kappa shape index (κ3) is 11.9. The number of aromatic nitrogens is 3. The number of hydrogen-bond acceptors (Lipinski definition) is 12. The summed E-state index contributed by atoms with van der Waals surface area (Å²) in [6, 6.07) is 11.9. The van der Waals surface area contributed by atoms with E-state index in [9.17, 15) is 24.0 Å². The van der Waals surface area contributed by atoms with Crippen molar-refractivity contribution in [1.29, 1.82) is 0 Å². The third-order valence-corrected chi connectivity index (χ3v) is 11.0. The number of cyclic esters (lactones) is 2. The van der Waals surface area contributed by atoms with E-state index in [0.717, 1.165) is 11.1 Å². The molecule has 2 amide bonds. The standard InChI is InChI=1S/C44H56ClN5O10/c1-9-30(41(53)57-8)33-23-50(49-48-33)22-27-13-16-29(17-14-27)39-38(60-39)26(4)34-11-10-12-37(51)47-32(21-28-15-18-35(56-7)31(45)20-28)40(52)46-24-44(5,6)43(55)59-36(19-25(2)3)42(54)58-34/h10,12-18,20,23,25-26,30,32,34,36,38-39H,9,11,19,21-22,24H2,1-8H3,(H,46,52)(H,47,51)/b12-10-/t26-,30?,32+,34-,36-,38+,39+/m0/s1. The minimum Gasteiger partial charge on any atom is -0.495 e. The molecule has 0 saturated carbocycles. The molecule has 1 fully saturated rings. The molecule has 60 heavy (non-hydrogen) atoms. The number of halogens is 1. The van der Waals surface area contributed by atoms with Crippen LogP contribution in [0, 0.1) is 17.3 Å². The first kappa shape index (κ1) is 45.8. The molecular formula is C44H56ClN5O10. The van der Waals surface area contributed by atoms with Gasteiger partial charge in [0.15, 0.2) is 6.10 Å². The monoisotopic (exact) mass is 849 g/mol. The summed E-state index contributed by atoms with van der Waals surface area (Å²) in [7, 11) is 2.85. The second kappa shape index (κ2) is 20.3. The molecule has 0 radical (unpaired) electrons. The van der Waals surface area contributed by atoms with E-state index in [4.69, 9.17) is 35.3 Å². The van der Waals surface area contributed by atoms with Crippen molar-refractivity contribution in [2.24, 2.45) is 17.3 Å². The molecule has 0 spiro atoms. The first-order chi connectivity index (χ1) is 28.5. The summed E-state index contributed by atoms with van der Waals surface area (Å²) in [6.07, 6.45) is 3.10. The summed E-state index contributed by atoms with van der Waals surface area (Å²) in [4.78, 5) is 66.5. The van der Waals surface area contributed by atoms with Crippen LogP contribution < -0.4 is 15.4 Å². The number of benzene rings is 2. The Balaban J connectivity index is 1.33. The fraction of sp³-hybridized carbons (Fsp3) is 0.523. The lowest BCUT2D eigenvalue weighted by molar-refractivity contribution is -0.179. The van der Waals surface area contributed by atoms with Crippen LogP contribution in [0.15, 0.2) is 60.8 Å². The van der Waals surface area contributed by atoms with Crippen LogP contribution in [0.4, 0.5) is 0 Å². The van der Waals surface area contributed by atoms with Crippen molar-refractivity contribution in [2.45, 2.75) is 110 Å². The van der Waals surface area contributed by atoms with Crippen LogP contribution >= 0.6 is 11.6 Å². The van der Waals surface area contributed by atoms with E-state index in [1.165, 1.54) is 20.3 Å². The summed E-state index contributed by atoms with van der Waals surface area (Å²) in [5.74, 6) is -3.17. The van der Waals surface area contributed by atoms with Crippen LogP contribution in [0.3, 0.4) is 0 Å². The van der Waals surface area contributed by atoms with E-state index in [-0.39, 0.29) is 55.8 Å². The van der Waals surface area contributed by atoms with Gasteiger partial charge in [0.25, 0.3) is 0 Å². The number of carbonyl (C=O) groups is 5. The normalized spacial score (nSPS) is 24.0. The lowest BCUT2D eigenvalue weighted by Crippen LogP contribution is -2.51. The van der Waals surface area contributed by atoms with Gasteiger partial charge in [0, 0.05) is 31.5 Å². The zero-order valence-corrected chi connectivity index (χ0v) is 36.2. The van der Waals surface area contributed by atoms with Gasteiger partial charge in [0.1, 0.15) is 29.9 Å². The molecule has 3 heterocycles. The number of nitrogens with one attached hydrogen (secondary N) is 2. The average Bonchev–Trinajstić information content (AvgIpc) is 3.89. The Morgan fingerprint density at radius 2 is 1.75 bits per heavy atom. The number of amides is 2. The van der Waals surface area contributed by atoms with Crippen LogP contribution in [0.25, 0.3) is 0 Å². The predicted molar refractivity (Wildman–Crippen MR) is 221 cm³/mol. The van der Waals surface area contributed by atoms with Gasteiger partial charge in [0.2, 0.25) is 11.8 Å². The number of carbonyl (C=O) groups excluding carboxylic acids is 5. The van der Waals surface area contributed by atoms with E-state index in [1.54, 1.807) is 49.0 Å². The first-order valence-corrected chi connectivity index (χ1v) is 20.6. The Morgan fingerprint density at radius 1 is 1.03 bits per heavy atom. The second-order valence-electron chi connectivity index (χ2n) is 16.4. The molecular weight excluding hydrogens is 794 g/mol. The number of ether oxygens (including phenoxy) is 5. The smallest absolute Gasteiger partial charge is 0.347 e. The maximum atomic E-state index is 13.8. The van der Waals surface area contributed by atoms with Gasteiger partial charge in [-0.25, -0.2) is 9.48 Å². The molecule has 3 aromatic rings. The lowest BCUT2D eigenvalue weighted by atomic mass is 9.92. The molecule has 16 heteroatoms. The number of hydrogen-bond donors (Lipinski definition) is 2. The summed E-state index contributed by atoms with van der Waals surface area (Å²) >= 11 is 6.36. The van der Waals surface area contributed by atoms with Crippen molar-refractivity contribution in [3.63, 3.8) is 0 Å². The zero-order chi connectivity index (χ0) is 43.7. The molecule has 5 rings (SSSR count). The second-order valence-corrected chi connectivity index (χ2v) is 16.8. The Hall–Kier alpha value is -5.28. The largest absolute Gasteiger partial charge is 0.495 e. The van der Waals surface area contributed by atoms with Gasteiger partial charge in [-0.2, -0.15) is 0 Å². The van der Waals surface area contributed by atoms with Crippen LogP contribution in [-0.4, -0.2) is 89.8 Å². The predicted octanol–water partition coefficient (Wildman–Crippen LogP) is 5.43. The van der Waals surface area contributed by atoms with Crippen molar-refractivity contribution >= 4 is 41.3 Å². The van der Waals surface area contributed by atoms with Gasteiger partial charge in [-0.3, -0.25) is 19.2 Å². The van der Waals surface area contributed by atoms with Gasteiger partial charge < -0.3 is 34.3 Å². The minimum absolute atomic E-state index is 0.0192. The highest BCUT2D eigenvalue weighted by molar-refractivity contribution is 6.32. The Bertz CT molecular complexity index is 2030. The maximum absolute atomic E-state index is 13.8. The molecule has 1 aromatic heterocycles. The van der Waals surface area contributed by atoms with E-state index in [2.05, 4.69) is 20.9 Å². The van der Waals surface area contributed by atoms with E-state index in [0.29, 0.717) is 35.0 Å². The van der Waals surface area contributed by atoms with Gasteiger partial charge in [-0.05, 0) is 67.5 Å². The summed E-state index contributed by atoms with van der Waals surface area (Å²) in [5.41, 5.74) is 1.88. The van der Waals surface area contributed by atoms with Gasteiger partial charge in [0.05, 0.1) is 43.0 Å². The minimum atomic E-state index is -1.24. The fourth-order valence-corrected chi connectivity index (χ4v) is 7.29. The Kier molecular flexibility index (Phi) is 15.5. The summed E-state index contributed by atoms with van der Waals surface area (Å²) in [5, 5.41) is 14.3. The van der Waals surface area contributed by atoms with Crippen molar-refractivity contribution in [1.82, 2.24) is 25.6 Å². The van der Waals surface area contributed by atoms with E-state index >= 15 is 0 Å². The molecule has 2 aromatic carbocycles. The SMILES string of the molecule is CCC(C(=O)OC)c1cn(Cc2ccc([C@H]3O[C@@H]3[C@@H](C)[C@@H]3C/C=C\C(=O)N[C@H](Cc4ccc(OC)c(Cl)c4)C(=O)NCC(C)(C)C(=O)O[C@@H](CC(C)C)C(=O)O3)cc2)nn1. The van der Waals surface area contributed by atoms with Crippen LogP contribution in [0.5, 0.6) is 5.75 Å². The lowest BCUT2D eigenvalue weighted by Gasteiger charge is -2.29. The van der Waals surface area contributed by atoms with Crippen LogP contribution in [-0.2, 0) is 55.9 Å². The number of rotatable bonds is 13. The molecule has 15 nitrogen and oxygen atoms in total. The zero-order valence-electron chi connectivity index (χ0n) is 35.4. The highest BCUT2D eigenvalue weighted by Gasteiger charge is 2.48. The topological polar surface area (TPSA) is 190 Å². The van der Waals surface area contributed by atoms with Crippen molar-refractivity contribution < 1.29 is 47.7 Å². The number of nitrogens with zero attached hydrogens (tertiary/aromatic N) is 3. The highest BCUT2D eigenvalue weighted by atomic mass is 35.5. The summed E-state index contributed by atoms with van der Waals surface area (Å²) in [6.45, 7) is 11.2. The van der Waals surface area contributed by atoms with Crippen LogP contribution in [0.2, 0.25) is 5.02 Å². The van der Waals surface area contributed by atoms with Gasteiger partial charge in [-0.1, -0.05) is 80.9 Å². The molecule has 1 unspecified atom stereocenters. The molecule has 7 atom stereocenters. The van der Waals surface area contributed by atoms with Crippen molar-refractivity contribution in [2.75, 3.05) is 20.8 Å². The van der Waals surface area contributed by atoms with Gasteiger partial charge >= 0.3 is 17.9 Å². The van der Waals surface area contributed by atoms with Crippen molar-refractivity contribution in [3.05, 3.63) is 88.2 Å². The van der Waals surface area contributed by atoms with Gasteiger partial charge in [-0.15, -0.1) is 5.10 Å². The van der Waals surface area contributed by atoms with Crippen molar-refractivity contribution in [3.8, 4) is 5.75 Å².